The first-order valence-corrected chi connectivity index (χ1v) is 9.78. The van der Waals surface area contributed by atoms with Crippen molar-refractivity contribution in [1.82, 2.24) is 9.13 Å². The van der Waals surface area contributed by atoms with E-state index in [1.54, 1.807) is 14.0 Å². The quantitative estimate of drug-likeness (QED) is 0.619. The number of halogens is 1. The maximum atomic E-state index is 12.9. The number of methoxy groups -OCH3 is 1. The predicted octanol–water partition coefficient (Wildman–Crippen LogP) is 2.03. The number of primary amides is 1. The van der Waals surface area contributed by atoms with E-state index >= 15 is 0 Å². The number of ether oxygens (including phenoxy) is 1. The molecule has 2 aromatic heterocycles. The Morgan fingerprint density at radius 3 is 2.63 bits per heavy atom. The molecule has 0 unspecified atom stereocenters. The number of amides is 1. The van der Waals surface area contributed by atoms with Crippen LogP contribution < -0.4 is 21.7 Å². The van der Waals surface area contributed by atoms with Gasteiger partial charge in [0.2, 0.25) is 5.91 Å². The molecule has 2 heterocycles. The summed E-state index contributed by atoms with van der Waals surface area (Å²) in [5.41, 5.74) is 5.87. The summed E-state index contributed by atoms with van der Waals surface area (Å²) < 4.78 is 8.56. The number of benzene rings is 1. The van der Waals surface area contributed by atoms with Crippen molar-refractivity contribution in [2.75, 3.05) is 7.11 Å². The maximum Gasteiger partial charge on any atom is 0.332 e. The third-order valence-corrected chi connectivity index (χ3v) is 6.53. The van der Waals surface area contributed by atoms with Crippen molar-refractivity contribution >= 4 is 43.4 Å². The van der Waals surface area contributed by atoms with Crippen molar-refractivity contribution in [1.29, 1.82) is 0 Å². The highest BCUT2D eigenvalue weighted by Crippen LogP contribution is 2.32. The van der Waals surface area contributed by atoms with Gasteiger partial charge in [-0.05, 0) is 46.5 Å². The van der Waals surface area contributed by atoms with Gasteiger partial charge in [-0.1, -0.05) is 18.2 Å². The summed E-state index contributed by atoms with van der Waals surface area (Å²) in [5, 5.41) is 0.424. The van der Waals surface area contributed by atoms with Gasteiger partial charge in [0.15, 0.2) is 0 Å². The van der Waals surface area contributed by atoms with E-state index in [0.29, 0.717) is 23.2 Å². The van der Waals surface area contributed by atoms with E-state index in [2.05, 4.69) is 15.9 Å². The van der Waals surface area contributed by atoms with Crippen molar-refractivity contribution in [2.24, 2.45) is 5.73 Å². The van der Waals surface area contributed by atoms with Crippen LogP contribution in [0.25, 0.3) is 10.2 Å². The maximum absolute atomic E-state index is 12.9. The van der Waals surface area contributed by atoms with Crippen LogP contribution in [0.15, 0.2) is 37.6 Å². The monoisotopic (exact) mass is 451 g/mol. The molecule has 0 aliphatic carbocycles. The molecule has 0 spiro atoms. The summed E-state index contributed by atoms with van der Waals surface area (Å²) >= 11 is 4.76. The van der Waals surface area contributed by atoms with Crippen LogP contribution in [0.2, 0.25) is 0 Å². The van der Waals surface area contributed by atoms with Crippen LogP contribution in [-0.4, -0.2) is 22.2 Å². The van der Waals surface area contributed by atoms with Crippen LogP contribution in [0.1, 0.15) is 11.1 Å². The smallest absolute Gasteiger partial charge is 0.332 e. The van der Waals surface area contributed by atoms with Gasteiger partial charge in [-0.2, -0.15) is 0 Å². The summed E-state index contributed by atoms with van der Waals surface area (Å²) in [4.78, 5) is 37.6. The molecule has 3 aromatic rings. The molecular weight excluding hydrogens is 434 g/mol. The molecule has 9 heteroatoms. The zero-order valence-corrected chi connectivity index (χ0v) is 17.2. The van der Waals surface area contributed by atoms with E-state index in [1.807, 2.05) is 24.3 Å². The Hall–Kier alpha value is -2.39. The lowest BCUT2D eigenvalue weighted by Crippen LogP contribution is -2.42. The number of aromatic nitrogens is 2. The topological polar surface area (TPSA) is 96.3 Å². The van der Waals surface area contributed by atoms with Crippen LogP contribution in [0, 0.1) is 6.92 Å². The second-order valence-corrected chi connectivity index (χ2v) is 8.35. The number of carbonyl (C=O) groups is 1. The van der Waals surface area contributed by atoms with Crippen LogP contribution in [0.3, 0.4) is 0 Å². The Bertz CT molecular complexity index is 1150. The van der Waals surface area contributed by atoms with E-state index in [4.69, 9.17) is 10.5 Å². The molecule has 0 radical (unpaired) electrons. The van der Waals surface area contributed by atoms with E-state index < -0.39 is 23.7 Å². The molecule has 1 amide bonds. The van der Waals surface area contributed by atoms with Crippen molar-refractivity contribution < 1.29 is 9.53 Å². The Morgan fingerprint density at radius 1 is 1.26 bits per heavy atom. The van der Waals surface area contributed by atoms with Gasteiger partial charge in [-0.25, -0.2) is 4.79 Å². The SMILES string of the molecule is COc1ccccc1CCn1c(=O)n(CC(N)=O)c(=O)c2c(C)c(Br)sc21. The number of fused-ring (bicyclic) bond motifs is 1. The average molecular weight is 452 g/mol. The molecule has 0 fully saturated rings. The number of nitrogens with zero attached hydrogens (tertiary/aromatic N) is 2. The van der Waals surface area contributed by atoms with Crippen molar-refractivity contribution in [3.8, 4) is 5.75 Å². The third-order valence-electron chi connectivity index (χ3n) is 4.35. The molecule has 0 saturated carbocycles. The fraction of sp³-hybridized carbons (Fsp3) is 0.278. The average Bonchev–Trinajstić information content (AvgIpc) is 2.93. The second kappa shape index (κ2) is 7.69. The predicted molar refractivity (Wildman–Crippen MR) is 109 cm³/mol. The summed E-state index contributed by atoms with van der Waals surface area (Å²) in [6, 6.07) is 7.55. The van der Waals surface area contributed by atoms with Crippen molar-refractivity contribution in [2.45, 2.75) is 26.4 Å². The number of hydrogen-bond acceptors (Lipinski definition) is 5. The van der Waals surface area contributed by atoms with Crippen molar-refractivity contribution in [3.05, 3.63) is 60.0 Å². The fourth-order valence-corrected chi connectivity index (χ4v) is 4.71. The minimum Gasteiger partial charge on any atom is -0.496 e. The molecule has 0 aliphatic heterocycles. The van der Waals surface area contributed by atoms with Crippen molar-refractivity contribution in [3.63, 3.8) is 0 Å². The highest BCUT2D eigenvalue weighted by atomic mass is 79.9. The molecule has 0 bridgehead atoms. The number of hydrogen-bond donors (Lipinski definition) is 1. The molecule has 7 nitrogen and oxygen atoms in total. The first kappa shape index (κ1) is 19.4. The number of aryl methyl sites for hydroxylation is 3. The molecule has 0 atom stereocenters. The summed E-state index contributed by atoms with van der Waals surface area (Å²) in [7, 11) is 1.59. The molecule has 27 heavy (non-hydrogen) atoms. The van der Waals surface area contributed by atoms with Crippen LogP contribution in [0.4, 0.5) is 0 Å². The number of para-hydroxylation sites is 1. The zero-order chi connectivity index (χ0) is 19.7. The molecule has 142 valence electrons. The second-order valence-electron chi connectivity index (χ2n) is 6.03. The van der Waals surface area contributed by atoms with Crippen LogP contribution >= 0.6 is 27.3 Å². The van der Waals surface area contributed by atoms with Gasteiger partial charge in [0.1, 0.15) is 17.1 Å². The van der Waals surface area contributed by atoms with Crippen LogP contribution in [0.5, 0.6) is 5.75 Å². The Kier molecular flexibility index (Phi) is 5.52. The molecule has 2 N–H and O–H groups in total. The lowest BCUT2D eigenvalue weighted by Gasteiger charge is -2.13. The van der Waals surface area contributed by atoms with E-state index in [1.165, 1.54) is 15.9 Å². The molecule has 1 aromatic carbocycles. The lowest BCUT2D eigenvalue weighted by atomic mass is 10.1. The first-order chi connectivity index (χ1) is 12.8. The first-order valence-electron chi connectivity index (χ1n) is 8.17. The summed E-state index contributed by atoms with van der Waals surface area (Å²) in [6.07, 6.45) is 0.530. The third kappa shape index (κ3) is 3.57. The van der Waals surface area contributed by atoms with E-state index in [0.717, 1.165) is 25.2 Å². The van der Waals surface area contributed by atoms with Gasteiger partial charge >= 0.3 is 5.69 Å². The van der Waals surface area contributed by atoms with Gasteiger partial charge < -0.3 is 10.5 Å². The Labute approximate surface area is 167 Å². The number of rotatable bonds is 6. The van der Waals surface area contributed by atoms with Crippen LogP contribution in [-0.2, 0) is 24.3 Å². The molecule has 0 saturated heterocycles. The standard InChI is InChI=1S/C18H18BrN3O4S/c1-10-14-16(24)22(9-13(20)23)18(25)21(17(14)27-15(10)19)8-7-11-5-3-4-6-12(11)26-2/h3-6H,7-9H2,1-2H3,(H2,20,23). The zero-order valence-electron chi connectivity index (χ0n) is 14.8. The van der Waals surface area contributed by atoms with Gasteiger partial charge in [0.05, 0.1) is 16.3 Å². The van der Waals surface area contributed by atoms with E-state index in [9.17, 15) is 14.4 Å². The number of nitrogens with two attached hydrogens (primary N) is 1. The Balaban J connectivity index is 2.16. The molecular formula is C18H18BrN3O4S. The van der Waals surface area contributed by atoms with Gasteiger partial charge in [0, 0.05) is 6.54 Å². The Morgan fingerprint density at radius 2 is 1.96 bits per heavy atom. The molecule has 3 rings (SSSR count). The highest BCUT2D eigenvalue weighted by molar-refractivity contribution is 9.11. The number of thiophene rings is 1. The largest absolute Gasteiger partial charge is 0.496 e. The molecule has 0 aliphatic rings. The van der Waals surface area contributed by atoms with E-state index in [-0.39, 0.29) is 0 Å². The number of carbonyl (C=O) groups excluding carboxylic acids is 1. The van der Waals surface area contributed by atoms with Gasteiger partial charge in [-0.15, -0.1) is 11.3 Å². The minimum atomic E-state index is -0.739. The minimum absolute atomic E-state index is 0.334. The highest BCUT2D eigenvalue weighted by Gasteiger charge is 2.20. The van der Waals surface area contributed by atoms with Gasteiger partial charge in [-0.3, -0.25) is 18.7 Å². The lowest BCUT2D eigenvalue weighted by molar-refractivity contribution is -0.118. The fourth-order valence-electron chi connectivity index (χ4n) is 3.00. The van der Waals surface area contributed by atoms with Gasteiger partial charge in [0.25, 0.3) is 5.56 Å². The normalized spacial score (nSPS) is 11.1. The summed E-state index contributed by atoms with van der Waals surface area (Å²) in [5.74, 6) is -0.00688. The summed E-state index contributed by atoms with van der Waals surface area (Å²) in [6.45, 7) is 1.68.